The number of aliphatic hydroxyl groups excluding tert-OH is 1. The minimum atomic E-state index is -0.644. The summed E-state index contributed by atoms with van der Waals surface area (Å²) in [6.45, 7) is 3.68. The van der Waals surface area contributed by atoms with Crippen LogP contribution in [0.25, 0.3) is 6.08 Å². The largest absolute Gasteiger partial charge is 0.506 e. The molecule has 35 heavy (non-hydrogen) atoms. The average Bonchev–Trinajstić information content (AvgIpc) is 3.17. The van der Waals surface area contributed by atoms with Gasteiger partial charge in [0, 0.05) is 0 Å². The summed E-state index contributed by atoms with van der Waals surface area (Å²) in [5.74, 6) is -0.608. The maximum Gasteiger partial charge on any atom is 0.344 e. The second-order valence-electron chi connectivity index (χ2n) is 7.27. The van der Waals surface area contributed by atoms with E-state index in [0.29, 0.717) is 32.7 Å². The highest BCUT2D eigenvalue weighted by Crippen LogP contribution is 2.41. The maximum absolute atomic E-state index is 12.6. The summed E-state index contributed by atoms with van der Waals surface area (Å²) >= 11 is 1.17. The summed E-state index contributed by atoms with van der Waals surface area (Å²) in [6.07, 6.45) is 2.61. The monoisotopic (exact) mass is 497 g/mol. The van der Waals surface area contributed by atoms with Crippen molar-refractivity contribution < 1.29 is 33.6 Å². The number of methoxy groups -OCH3 is 2. The van der Waals surface area contributed by atoms with Crippen molar-refractivity contribution in [1.29, 1.82) is 0 Å². The SMILES string of the molecule is CCOC(=O)C1=C(O)/C(=C/c2ccc(OCC(=O)OC)c(OC)c2)SC1=Nc1ccc(CC)cc1. The zero-order valence-electron chi connectivity index (χ0n) is 20.0. The highest BCUT2D eigenvalue weighted by molar-refractivity contribution is 8.18. The van der Waals surface area contributed by atoms with Gasteiger partial charge in [-0.05, 0) is 54.8 Å². The molecule has 0 saturated carbocycles. The Morgan fingerprint density at radius 2 is 1.80 bits per heavy atom. The Morgan fingerprint density at radius 3 is 2.43 bits per heavy atom. The predicted molar refractivity (Wildman–Crippen MR) is 135 cm³/mol. The second-order valence-corrected chi connectivity index (χ2v) is 8.30. The highest BCUT2D eigenvalue weighted by Gasteiger charge is 2.33. The van der Waals surface area contributed by atoms with Gasteiger partial charge in [0.25, 0.3) is 0 Å². The minimum absolute atomic E-state index is 0.0210. The predicted octanol–water partition coefficient (Wildman–Crippen LogP) is 5.00. The zero-order valence-corrected chi connectivity index (χ0v) is 20.8. The average molecular weight is 498 g/mol. The Labute approximate surface area is 208 Å². The van der Waals surface area contributed by atoms with Crippen molar-refractivity contribution in [1.82, 2.24) is 0 Å². The van der Waals surface area contributed by atoms with Crippen LogP contribution in [0, 0.1) is 0 Å². The number of benzene rings is 2. The first-order chi connectivity index (χ1) is 16.9. The van der Waals surface area contributed by atoms with Crippen molar-refractivity contribution in [3.05, 3.63) is 69.8 Å². The zero-order chi connectivity index (χ0) is 25.4. The molecule has 2 aromatic rings. The van der Waals surface area contributed by atoms with Gasteiger partial charge in [-0.2, -0.15) is 0 Å². The van der Waals surface area contributed by atoms with Crippen molar-refractivity contribution in [2.45, 2.75) is 20.3 Å². The summed E-state index contributed by atoms with van der Waals surface area (Å²) in [7, 11) is 2.76. The van der Waals surface area contributed by atoms with Crippen molar-refractivity contribution in [2.24, 2.45) is 4.99 Å². The summed E-state index contributed by atoms with van der Waals surface area (Å²) in [6, 6.07) is 12.7. The van der Waals surface area contributed by atoms with Crippen LogP contribution in [-0.2, 0) is 25.5 Å². The van der Waals surface area contributed by atoms with Crippen LogP contribution in [0.4, 0.5) is 5.69 Å². The molecule has 184 valence electrons. The van der Waals surface area contributed by atoms with Crippen molar-refractivity contribution >= 4 is 40.5 Å². The summed E-state index contributed by atoms with van der Waals surface area (Å²) in [5, 5.41) is 11.2. The molecule has 2 aromatic carbocycles. The lowest BCUT2D eigenvalue weighted by atomic mass is 10.1. The van der Waals surface area contributed by atoms with E-state index in [2.05, 4.69) is 16.7 Å². The molecule has 0 aromatic heterocycles. The number of aliphatic hydroxyl groups is 1. The number of nitrogens with zero attached hydrogens (tertiary/aromatic N) is 1. The summed E-state index contributed by atoms with van der Waals surface area (Å²) in [4.78, 5) is 29.0. The number of hydrogen-bond donors (Lipinski definition) is 1. The fourth-order valence-corrected chi connectivity index (χ4v) is 4.19. The normalized spacial score (nSPS) is 15.4. The molecule has 0 radical (unpaired) electrons. The molecule has 0 aliphatic carbocycles. The third kappa shape index (κ3) is 6.45. The van der Waals surface area contributed by atoms with E-state index in [1.807, 2.05) is 24.3 Å². The third-order valence-corrected chi connectivity index (χ3v) is 6.02. The van der Waals surface area contributed by atoms with Crippen LogP contribution in [-0.4, -0.2) is 49.5 Å². The Bertz CT molecular complexity index is 1180. The van der Waals surface area contributed by atoms with E-state index in [0.717, 1.165) is 6.42 Å². The second kappa shape index (κ2) is 12.1. The van der Waals surface area contributed by atoms with Crippen LogP contribution < -0.4 is 9.47 Å². The molecule has 1 heterocycles. The molecule has 9 heteroatoms. The Balaban J connectivity index is 1.94. The van der Waals surface area contributed by atoms with E-state index in [4.69, 9.17) is 14.2 Å². The lowest BCUT2D eigenvalue weighted by Gasteiger charge is -2.10. The van der Waals surface area contributed by atoms with Gasteiger partial charge < -0.3 is 24.1 Å². The van der Waals surface area contributed by atoms with Gasteiger partial charge in [0.05, 0.1) is 31.4 Å². The molecule has 0 unspecified atom stereocenters. The van der Waals surface area contributed by atoms with Crippen LogP contribution in [0.2, 0.25) is 0 Å². The van der Waals surface area contributed by atoms with Crippen LogP contribution in [0.15, 0.2) is 63.7 Å². The highest BCUT2D eigenvalue weighted by atomic mass is 32.2. The van der Waals surface area contributed by atoms with Gasteiger partial charge in [0.15, 0.2) is 18.1 Å². The molecular formula is C26H27NO7S. The third-order valence-electron chi connectivity index (χ3n) is 5.00. The molecule has 1 aliphatic heterocycles. The van der Waals surface area contributed by atoms with Crippen LogP contribution in [0.1, 0.15) is 25.0 Å². The van der Waals surface area contributed by atoms with Crippen molar-refractivity contribution in [2.75, 3.05) is 27.4 Å². The minimum Gasteiger partial charge on any atom is -0.506 e. The standard InChI is InChI=1S/C26H27NO7S/c1-5-16-7-10-18(11-8-16)27-25-23(26(30)33-6-2)24(29)21(35-25)14-17-9-12-19(20(13-17)31-3)34-15-22(28)32-4/h7-14,29H,5-6,15H2,1-4H3/b21-14-,27-25?. The molecule has 0 amide bonds. The van der Waals surface area contributed by atoms with E-state index in [9.17, 15) is 14.7 Å². The number of esters is 2. The first kappa shape index (κ1) is 25.9. The number of thioether (sulfide) groups is 1. The van der Waals surface area contributed by atoms with Crippen molar-refractivity contribution in [3.8, 4) is 11.5 Å². The summed E-state index contributed by atoms with van der Waals surface area (Å²) < 4.78 is 20.5. The number of aryl methyl sites for hydroxylation is 1. The Kier molecular flexibility index (Phi) is 8.97. The van der Waals surface area contributed by atoms with Crippen molar-refractivity contribution in [3.63, 3.8) is 0 Å². The lowest BCUT2D eigenvalue weighted by molar-refractivity contribution is -0.143. The van der Waals surface area contributed by atoms with Crippen LogP contribution in [0.3, 0.4) is 0 Å². The molecule has 0 spiro atoms. The van der Waals surface area contributed by atoms with Gasteiger partial charge in [-0.25, -0.2) is 14.6 Å². The Hall–Kier alpha value is -3.72. The molecule has 1 N–H and O–H groups in total. The molecular weight excluding hydrogens is 470 g/mol. The molecule has 1 aliphatic rings. The number of carbonyl (C=O) groups excluding carboxylic acids is 2. The fourth-order valence-electron chi connectivity index (χ4n) is 3.16. The lowest BCUT2D eigenvalue weighted by Crippen LogP contribution is -2.13. The van der Waals surface area contributed by atoms with E-state index in [1.165, 1.54) is 31.5 Å². The van der Waals surface area contributed by atoms with Crippen LogP contribution in [0.5, 0.6) is 11.5 Å². The van der Waals surface area contributed by atoms with Gasteiger partial charge >= 0.3 is 11.9 Å². The smallest absolute Gasteiger partial charge is 0.344 e. The van der Waals surface area contributed by atoms with E-state index < -0.39 is 11.9 Å². The molecule has 0 bridgehead atoms. The van der Waals surface area contributed by atoms with Gasteiger partial charge in [0.2, 0.25) is 0 Å². The maximum atomic E-state index is 12.6. The first-order valence-electron chi connectivity index (χ1n) is 11.0. The fraction of sp³-hybridized carbons (Fsp3) is 0.269. The number of hydrogen-bond acceptors (Lipinski definition) is 9. The molecule has 0 atom stereocenters. The first-order valence-corrected chi connectivity index (χ1v) is 11.8. The topological polar surface area (TPSA) is 104 Å². The molecule has 0 saturated heterocycles. The van der Waals surface area contributed by atoms with Crippen LogP contribution >= 0.6 is 11.8 Å². The molecule has 3 rings (SSSR count). The van der Waals surface area contributed by atoms with E-state index >= 15 is 0 Å². The number of aliphatic imine (C=N–C) groups is 1. The van der Waals surface area contributed by atoms with Gasteiger partial charge in [-0.15, -0.1) is 0 Å². The number of ether oxygens (including phenoxy) is 4. The van der Waals surface area contributed by atoms with Gasteiger partial charge in [-0.3, -0.25) is 0 Å². The van der Waals surface area contributed by atoms with Gasteiger partial charge in [0.1, 0.15) is 16.4 Å². The number of carbonyl (C=O) groups is 2. The Morgan fingerprint density at radius 1 is 1.06 bits per heavy atom. The number of rotatable bonds is 9. The molecule has 0 fully saturated rings. The quantitative estimate of drug-likeness (QED) is 0.483. The van der Waals surface area contributed by atoms with E-state index in [1.54, 1.807) is 31.2 Å². The molecule has 8 nitrogen and oxygen atoms in total. The summed E-state index contributed by atoms with van der Waals surface area (Å²) in [5.41, 5.74) is 2.53. The van der Waals surface area contributed by atoms with E-state index in [-0.39, 0.29) is 24.5 Å². The van der Waals surface area contributed by atoms with Gasteiger partial charge in [-0.1, -0.05) is 36.9 Å².